The normalized spacial score (nSPS) is 11.1. The van der Waals surface area contributed by atoms with Gasteiger partial charge < -0.3 is 14.8 Å². The second-order valence-corrected chi connectivity index (χ2v) is 8.68. The molecule has 1 aromatic heterocycles. The molecule has 3 aromatic rings. The number of amides is 1. The van der Waals surface area contributed by atoms with E-state index in [9.17, 15) is 4.79 Å². The van der Waals surface area contributed by atoms with E-state index in [0.717, 1.165) is 4.90 Å². The first-order valence-electron chi connectivity index (χ1n) is 9.45. The molecule has 0 fully saturated rings. The van der Waals surface area contributed by atoms with Gasteiger partial charge in [-0.05, 0) is 59.1 Å². The summed E-state index contributed by atoms with van der Waals surface area (Å²) in [5.41, 5.74) is 2.59. The summed E-state index contributed by atoms with van der Waals surface area (Å²) in [4.78, 5) is 22.1. The van der Waals surface area contributed by atoms with Crippen molar-refractivity contribution in [2.75, 3.05) is 19.5 Å². The van der Waals surface area contributed by atoms with Crippen LogP contribution in [0.4, 0.5) is 5.69 Å². The van der Waals surface area contributed by atoms with Crippen molar-refractivity contribution in [2.24, 2.45) is 0 Å². The number of hydrogen-bond donors (Lipinski definition) is 1. The highest BCUT2D eigenvalue weighted by Gasteiger charge is 2.14. The summed E-state index contributed by atoms with van der Waals surface area (Å²) < 4.78 is 10.3. The largest absolute Gasteiger partial charge is 0.481 e. The van der Waals surface area contributed by atoms with Crippen LogP contribution in [0.1, 0.15) is 36.7 Å². The Bertz CT molecular complexity index is 991. The molecule has 2 aromatic carbocycles. The molecule has 0 saturated carbocycles. The van der Waals surface area contributed by atoms with Gasteiger partial charge in [0.2, 0.25) is 11.8 Å². The number of ether oxygens (including phenoxy) is 2. The molecule has 1 amide bonds. The summed E-state index contributed by atoms with van der Waals surface area (Å²) in [5.74, 6) is 0.730. The third kappa shape index (κ3) is 5.51. The van der Waals surface area contributed by atoms with E-state index >= 15 is 0 Å². The fraction of sp³-hybridized carbons (Fsp3) is 0.261. The van der Waals surface area contributed by atoms with Gasteiger partial charge in [-0.15, -0.1) is 0 Å². The van der Waals surface area contributed by atoms with Crippen molar-refractivity contribution in [3.05, 3.63) is 65.7 Å². The van der Waals surface area contributed by atoms with Crippen molar-refractivity contribution >= 4 is 23.4 Å². The Morgan fingerprint density at radius 2 is 1.47 bits per heavy atom. The monoisotopic (exact) mass is 423 g/mol. The third-order valence-corrected chi connectivity index (χ3v) is 5.28. The van der Waals surface area contributed by atoms with Gasteiger partial charge in [-0.25, -0.2) is 0 Å². The zero-order chi connectivity index (χ0) is 21.7. The molecule has 0 aliphatic carbocycles. The van der Waals surface area contributed by atoms with Crippen LogP contribution in [0.5, 0.6) is 11.8 Å². The second kappa shape index (κ2) is 9.17. The summed E-state index contributed by atoms with van der Waals surface area (Å²) in [6.07, 6.45) is 0. The van der Waals surface area contributed by atoms with Crippen LogP contribution >= 0.6 is 11.8 Å². The molecular weight excluding hydrogens is 398 g/mol. The summed E-state index contributed by atoms with van der Waals surface area (Å²) >= 11 is 1.38. The van der Waals surface area contributed by atoms with E-state index in [1.165, 1.54) is 17.3 Å². The van der Waals surface area contributed by atoms with Crippen LogP contribution in [0, 0.1) is 0 Å². The average Bonchev–Trinajstić information content (AvgIpc) is 2.74. The van der Waals surface area contributed by atoms with E-state index in [1.54, 1.807) is 20.3 Å². The van der Waals surface area contributed by atoms with E-state index in [4.69, 9.17) is 9.47 Å². The van der Waals surface area contributed by atoms with E-state index in [0.29, 0.717) is 28.2 Å². The number of carbonyl (C=O) groups excluding carboxylic acids is 1. The van der Waals surface area contributed by atoms with Crippen molar-refractivity contribution in [3.63, 3.8) is 0 Å². The molecule has 0 radical (unpaired) electrons. The van der Waals surface area contributed by atoms with Crippen molar-refractivity contribution < 1.29 is 14.3 Å². The Hall–Kier alpha value is -3.06. The minimum absolute atomic E-state index is 0.0546. The van der Waals surface area contributed by atoms with Crippen LogP contribution in [0.3, 0.4) is 0 Å². The lowest BCUT2D eigenvalue weighted by Crippen LogP contribution is -2.14. The predicted molar refractivity (Wildman–Crippen MR) is 119 cm³/mol. The number of nitrogens with zero attached hydrogens (tertiary/aromatic N) is 2. The second-order valence-electron chi connectivity index (χ2n) is 7.64. The van der Waals surface area contributed by atoms with E-state index in [2.05, 4.69) is 36.1 Å². The highest BCUT2D eigenvalue weighted by molar-refractivity contribution is 7.99. The van der Waals surface area contributed by atoms with E-state index < -0.39 is 0 Å². The number of aromatic nitrogens is 2. The Labute approximate surface area is 181 Å². The first-order chi connectivity index (χ1) is 14.3. The Kier molecular flexibility index (Phi) is 6.62. The SMILES string of the molecule is COc1cc(OC)nc(Sc2ccc(NC(=O)c3ccc(C(C)(C)C)cc3)cc2)n1. The topological polar surface area (TPSA) is 73.3 Å². The third-order valence-electron chi connectivity index (χ3n) is 4.41. The molecule has 7 heteroatoms. The van der Waals surface area contributed by atoms with E-state index in [-0.39, 0.29) is 11.3 Å². The van der Waals surface area contributed by atoms with Crippen molar-refractivity contribution in [3.8, 4) is 11.8 Å². The fourth-order valence-electron chi connectivity index (χ4n) is 2.68. The maximum Gasteiger partial charge on any atom is 0.255 e. The Morgan fingerprint density at radius 1 is 0.900 bits per heavy atom. The molecule has 0 unspecified atom stereocenters. The molecule has 1 heterocycles. The molecule has 1 N–H and O–H groups in total. The van der Waals surface area contributed by atoms with Crippen LogP contribution in [0.25, 0.3) is 0 Å². The van der Waals surface area contributed by atoms with Gasteiger partial charge in [0.05, 0.1) is 20.3 Å². The number of carbonyl (C=O) groups is 1. The molecule has 0 spiro atoms. The predicted octanol–water partition coefficient (Wildman–Crippen LogP) is 5.19. The maximum atomic E-state index is 12.5. The highest BCUT2D eigenvalue weighted by atomic mass is 32.2. The molecule has 0 aliphatic heterocycles. The lowest BCUT2D eigenvalue weighted by Gasteiger charge is -2.19. The minimum atomic E-state index is -0.142. The zero-order valence-electron chi connectivity index (χ0n) is 17.7. The fourth-order valence-corrected chi connectivity index (χ4v) is 3.43. The number of hydrogen-bond acceptors (Lipinski definition) is 6. The molecule has 3 rings (SSSR count). The van der Waals surface area contributed by atoms with Gasteiger partial charge in [0, 0.05) is 16.1 Å². The van der Waals surface area contributed by atoms with Crippen LogP contribution in [0.15, 0.2) is 64.6 Å². The van der Waals surface area contributed by atoms with Gasteiger partial charge in [-0.1, -0.05) is 32.9 Å². The van der Waals surface area contributed by atoms with Gasteiger partial charge in [0.15, 0.2) is 5.16 Å². The van der Waals surface area contributed by atoms with Gasteiger partial charge >= 0.3 is 0 Å². The summed E-state index contributed by atoms with van der Waals surface area (Å²) in [6.45, 7) is 6.44. The molecule has 30 heavy (non-hydrogen) atoms. The van der Waals surface area contributed by atoms with Crippen molar-refractivity contribution in [2.45, 2.75) is 36.2 Å². The summed E-state index contributed by atoms with van der Waals surface area (Å²) in [7, 11) is 3.09. The van der Waals surface area contributed by atoms with Gasteiger partial charge in [-0.2, -0.15) is 9.97 Å². The van der Waals surface area contributed by atoms with Crippen molar-refractivity contribution in [1.29, 1.82) is 0 Å². The van der Waals surface area contributed by atoms with Crippen LogP contribution in [0.2, 0.25) is 0 Å². The molecular formula is C23H25N3O3S. The molecule has 0 aliphatic rings. The van der Waals surface area contributed by atoms with Gasteiger partial charge in [-0.3, -0.25) is 4.79 Å². The first-order valence-corrected chi connectivity index (χ1v) is 10.3. The Balaban J connectivity index is 1.66. The van der Waals surface area contributed by atoms with Crippen LogP contribution < -0.4 is 14.8 Å². The molecule has 6 nitrogen and oxygen atoms in total. The maximum absolute atomic E-state index is 12.5. The zero-order valence-corrected chi connectivity index (χ0v) is 18.5. The summed E-state index contributed by atoms with van der Waals surface area (Å²) in [6, 6.07) is 16.8. The number of rotatable bonds is 6. The lowest BCUT2D eigenvalue weighted by atomic mass is 9.87. The molecule has 0 saturated heterocycles. The molecule has 0 atom stereocenters. The van der Waals surface area contributed by atoms with E-state index in [1.807, 2.05) is 48.5 Å². The Morgan fingerprint density at radius 3 is 1.97 bits per heavy atom. The number of benzene rings is 2. The first kappa shape index (κ1) is 21.6. The average molecular weight is 424 g/mol. The standard InChI is InChI=1S/C23H25N3O3S/c1-23(2,3)16-8-6-15(7-9-16)21(27)24-17-10-12-18(13-11-17)30-22-25-19(28-4)14-20(26-22)29-5/h6-14H,1-5H3,(H,24,27). The van der Waals surface area contributed by atoms with Crippen molar-refractivity contribution in [1.82, 2.24) is 9.97 Å². The number of nitrogens with one attached hydrogen (secondary N) is 1. The van der Waals surface area contributed by atoms with Crippen LogP contribution in [-0.2, 0) is 5.41 Å². The number of methoxy groups -OCH3 is 2. The lowest BCUT2D eigenvalue weighted by molar-refractivity contribution is 0.102. The molecule has 0 bridgehead atoms. The quantitative estimate of drug-likeness (QED) is 0.550. The summed E-state index contributed by atoms with van der Waals surface area (Å²) in [5, 5.41) is 3.44. The van der Waals surface area contributed by atoms with Gasteiger partial charge in [0.1, 0.15) is 0 Å². The highest BCUT2D eigenvalue weighted by Crippen LogP contribution is 2.29. The van der Waals surface area contributed by atoms with Crippen LogP contribution in [-0.4, -0.2) is 30.1 Å². The minimum Gasteiger partial charge on any atom is -0.481 e. The van der Waals surface area contributed by atoms with Gasteiger partial charge in [0.25, 0.3) is 5.91 Å². The number of anilines is 1. The smallest absolute Gasteiger partial charge is 0.255 e. The molecule has 156 valence electrons.